The minimum Gasteiger partial charge on any atom is -0.0996 e. The number of hydrogen-bond acceptors (Lipinski definition) is 0. The van der Waals surface area contributed by atoms with Crippen LogP contribution in [0.1, 0.15) is 91.9 Å². The Balaban J connectivity index is 2.11. The van der Waals surface area contributed by atoms with Crippen LogP contribution in [0, 0.1) is 23.7 Å². The van der Waals surface area contributed by atoms with E-state index in [1.165, 1.54) is 69.8 Å². The van der Waals surface area contributed by atoms with Crippen molar-refractivity contribution < 1.29 is 0 Å². The van der Waals surface area contributed by atoms with Crippen LogP contribution >= 0.6 is 0 Å². The van der Waals surface area contributed by atoms with Gasteiger partial charge in [0.2, 0.25) is 0 Å². The average molecular weight is 279 g/mol. The SMILES string of the molecule is C=C(CC(CC)CCCC1CC(CCC)C1)C(C)CC. The Bertz CT molecular complexity index is 259. The Morgan fingerprint density at radius 1 is 1.05 bits per heavy atom. The third kappa shape index (κ3) is 6.02. The maximum atomic E-state index is 4.31. The largest absolute Gasteiger partial charge is 0.0996 e. The molecule has 0 saturated heterocycles. The molecule has 0 heterocycles. The van der Waals surface area contributed by atoms with E-state index >= 15 is 0 Å². The van der Waals surface area contributed by atoms with Crippen molar-refractivity contribution in [1.29, 1.82) is 0 Å². The van der Waals surface area contributed by atoms with E-state index in [-0.39, 0.29) is 0 Å². The van der Waals surface area contributed by atoms with E-state index in [1.54, 1.807) is 0 Å². The number of rotatable bonds is 11. The molecule has 0 bridgehead atoms. The molecule has 0 amide bonds. The molecular formula is C20H38. The zero-order valence-corrected chi connectivity index (χ0v) is 14.6. The molecule has 1 rings (SSSR count). The second-order valence-corrected chi connectivity index (χ2v) is 7.37. The summed E-state index contributed by atoms with van der Waals surface area (Å²) in [6.45, 7) is 13.6. The molecule has 2 unspecified atom stereocenters. The van der Waals surface area contributed by atoms with E-state index in [1.807, 2.05) is 0 Å². The van der Waals surface area contributed by atoms with Gasteiger partial charge < -0.3 is 0 Å². The number of hydrogen-bond donors (Lipinski definition) is 0. The lowest BCUT2D eigenvalue weighted by Crippen LogP contribution is -2.23. The molecule has 0 aliphatic heterocycles. The van der Waals surface area contributed by atoms with Crippen molar-refractivity contribution >= 4 is 0 Å². The molecular weight excluding hydrogens is 240 g/mol. The standard InChI is InChI=1S/C20H38/c1-6-10-19-14-20(15-19)12-9-11-18(8-3)13-17(5)16(4)7-2/h16,18-20H,5-15H2,1-4H3. The summed E-state index contributed by atoms with van der Waals surface area (Å²) in [7, 11) is 0. The minimum atomic E-state index is 0.713. The van der Waals surface area contributed by atoms with Crippen molar-refractivity contribution in [3.63, 3.8) is 0 Å². The Labute approximate surface area is 128 Å². The average Bonchev–Trinajstić information content (AvgIpc) is 2.41. The molecule has 2 atom stereocenters. The van der Waals surface area contributed by atoms with Crippen LogP contribution in [-0.2, 0) is 0 Å². The Morgan fingerprint density at radius 3 is 2.25 bits per heavy atom. The normalized spacial score (nSPS) is 25.0. The van der Waals surface area contributed by atoms with Crippen molar-refractivity contribution in [2.45, 2.75) is 91.9 Å². The highest BCUT2D eigenvalue weighted by atomic mass is 14.3. The second-order valence-electron chi connectivity index (χ2n) is 7.37. The topological polar surface area (TPSA) is 0 Å². The summed E-state index contributed by atoms with van der Waals surface area (Å²) in [6.07, 6.45) is 14.1. The van der Waals surface area contributed by atoms with Gasteiger partial charge in [-0.05, 0) is 49.4 Å². The summed E-state index contributed by atoms with van der Waals surface area (Å²) in [5, 5.41) is 0. The van der Waals surface area contributed by atoms with E-state index in [9.17, 15) is 0 Å². The Morgan fingerprint density at radius 2 is 1.70 bits per heavy atom. The van der Waals surface area contributed by atoms with Gasteiger partial charge in [0, 0.05) is 0 Å². The lowest BCUT2D eigenvalue weighted by molar-refractivity contribution is 0.164. The molecule has 0 N–H and O–H groups in total. The molecule has 0 nitrogen and oxygen atoms in total. The van der Waals surface area contributed by atoms with Crippen molar-refractivity contribution in [3.8, 4) is 0 Å². The van der Waals surface area contributed by atoms with Gasteiger partial charge in [0.25, 0.3) is 0 Å². The molecule has 118 valence electrons. The zero-order chi connectivity index (χ0) is 15.0. The van der Waals surface area contributed by atoms with Crippen molar-refractivity contribution in [3.05, 3.63) is 12.2 Å². The van der Waals surface area contributed by atoms with E-state index in [4.69, 9.17) is 0 Å². The van der Waals surface area contributed by atoms with Crippen molar-refractivity contribution in [2.75, 3.05) is 0 Å². The Hall–Kier alpha value is -0.260. The van der Waals surface area contributed by atoms with Crippen molar-refractivity contribution in [1.82, 2.24) is 0 Å². The molecule has 0 spiro atoms. The maximum absolute atomic E-state index is 4.31. The van der Waals surface area contributed by atoms with Gasteiger partial charge in [-0.25, -0.2) is 0 Å². The highest BCUT2D eigenvalue weighted by molar-refractivity contribution is 5.00. The first-order valence-electron chi connectivity index (χ1n) is 9.28. The summed E-state index contributed by atoms with van der Waals surface area (Å²) in [5.41, 5.74) is 1.49. The maximum Gasteiger partial charge on any atom is -0.0237 e. The number of allylic oxidation sites excluding steroid dienone is 1. The summed E-state index contributed by atoms with van der Waals surface area (Å²) in [6, 6.07) is 0. The van der Waals surface area contributed by atoms with Gasteiger partial charge in [-0.1, -0.05) is 78.4 Å². The van der Waals surface area contributed by atoms with Crippen LogP contribution in [0.5, 0.6) is 0 Å². The summed E-state index contributed by atoms with van der Waals surface area (Å²) < 4.78 is 0. The predicted molar refractivity (Wildman–Crippen MR) is 92.0 cm³/mol. The zero-order valence-electron chi connectivity index (χ0n) is 14.6. The Kier molecular flexibility index (Phi) is 8.57. The van der Waals surface area contributed by atoms with Gasteiger partial charge >= 0.3 is 0 Å². The van der Waals surface area contributed by atoms with Gasteiger partial charge in [0.15, 0.2) is 0 Å². The molecule has 0 heteroatoms. The fourth-order valence-corrected chi connectivity index (χ4v) is 3.76. The third-order valence-corrected chi connectivity index (χ3v) is 5.69. The quantitative estimate of drug-likeness (QED) is 0.357. The highest BCUT2D eigenvalue weighted by Crippen LogP contribution is 2.40. The fraction of sp³-hybridized carbons (Fsp3) is 0.900. The van der Waals surface area contributed by atoms with E-state index in [0.29, 0.717) is 5.92 Å². The molecule has 0 aromatic carbocycles. The van der Waals surface area contributed by atoms with Crippen LogP contribution in [0.25, 0.3) is 0 Å². The molecule has 0 aromatic heterocycles. The molecule has 1 aliphatic carbocycles. The lowest BCUT2D eigenvalue weighted by Gasteiger charge is -2.35. The third-order valence-electron chi connectivity index (χ3n) is 5.69. The van der Waals surface area contributed by atoms with Crippen LogP contribution in [-0.4, -0.2) is 0 Å². The first kappa shape index (κ1) is 17.8. The molecule has 1 fully saturated rings. The van der Waals surface area contributed by atoms with Gasteiger partial charge in [-0.2, -0.15) is 0 Å². The van der Waals surface area contributed by atoms with E-state index < -0.39 is 0 Å². The van der Waals surface area contributed by atoms with Gasteiger partial charge in [-0.15, -0.1) is 0 Å². The minimum absolute atomic E-state index is 0.713. The van der Waals surface area contributed by atoms with Crippen molar-refractivity contribution in [2.24, 2.45) is 23.7 Å². The van der Waals surface area contributed by atoms with Crippen LogP contribution in [0.3, 0.4) is 0 Å². The lowest BCUT2D eigenvalue weighted by atomic mass is 9.70. The van der Waals surface area contributed by atoms with Crippen LogP contribution in [0.2, 0.25) is 0 Å². The molecule has 0 aromatic rings. The van der Waals surface area contributed by atoms with Gasteiger partial charge in [-0.3, -0.25) is 0 Å². The predicted octanol–water partition coefficient (Wildman–Crippen LogP) is 7.00. The molecule has 1 aliphatic rings. The fourth-order valence-electron chi connectivity index (χ4n) is 3.76. The van der Waals surface area contributed by atoms with Gasteiger partial charge in [0.05, 0.1) is 0 Å². The summed E-state index contributed by atoms with van der Waals surface area (Å²) in [5.74, 6) is 3.76. The van der Waals surface area contributed by atoms with Gasteiger partial charge in [0.1, 0.15) is 0 Å². The molecule has 20 heavy (non-hydrogen) atoms. The van der Waals surface area contributed by atoms with E-state index in [0.717, 1.165) is 17.8 Å². The molecule has 0 radical (unpaired) electrons. The monoisotopic (exact) mass is 278 g/mol. The first-order chi connectivity index (χ1) is 9.60. The molecule has 1 saturated carbocycles. The van der Waals surface area contributed by atoms with E-state index in [2.05, 4.69) is 34.3 Å². The smallest absolute Gasteiger partial charge is 0.0237 e. The first-order valence-corrected chi connectivity index (χ1v) is 9.28. The second kappa shape index (κ2) is 9.64. The van der Waals surface area contributed by atoms with Crippen LogP contribution in [0.4, 0.5) is 0 Å². The van der Waals surface area contributed by atoms with Crippen LogP contribution in [0.15, 0.2) is 12.2 Å². The highest BCUT2D eigenvalue weighted by Gasteiger charge is 2.27. The van der Waals surface area contributed by atoms with Crippen LogP contribution < -0.4 is 0 Å². The summed E-state index contributed by atoms with van der Waals surface area (Å²) in [4.78, 5) is 0. The summed E-state index contributed by atoms with van der Waals surface area (Å²) >= 11 is 0.